The van der Waals surface area contributed by atoms with Gasteiger partial charge in [-0.2, -0.15) is 0 Å². The fraction of sp³-hybridized carbons (Fsp3) is 0.364. The summed E-state index contributed by atoms with van der Waals surface area (Å²) in [6.07, 6.45) is 0. The number of hydrogen-bond donors (Lipinski definition) is 0. The Kier molecular flexibility index (Phi) is 6.26. The molecule has 0 bridgehead atoms. The van der Waals surface area contributed by atoms with Gasteiger partial charge in [0.25, 0.3) is 5.91 Å². The lowest BCUT2D eigenvalue weighted by molar-refractivity contribution is 0.0391. The summed E-state index contributed by atoms with van der Waals surface area (Å²) < 4.78 is 19.8. The maximum Gasteiger partial charge on any atom is 0.260 e. The molecule has 0 spiro atoms. The Bertz CT molecular complexity index is 1020. The van der Waals surface area contributed by atoms with E-state index in [0.717, 1.165) is 30.0 Å². The SMILES string of the molecule is CN(C)c1ccc(C(=O)N(CCN2CCOCC2)c2nc3ccc(F)cc3s2)cc1. The van der Waals surface area contributed by atoms with Crippen LogP contribution in [0.3, 0.4) is 0 Å². The zero-order chi connectivity index (χ0) is 21.1. The minimum absolute atomic E-state index is 0.104. The molecule has 0 N–H and O–H groups in total. The van der Waals surface area contributed by atoms with E-state index in [4.69, 9.17) is 4.74 Å². The maximum atomic E-state index is 13.6. The number of ether oxygens (including phenoxy) is 1. The molecule has 0 radical (unpaired) electrons. The average Bonchev–Trinajstić information content (AvgIpc) is 3.17. The molecule has 0 atom stereocenters. The van der Waals surface area contributed by atoms with Gasteiger partial charge in [0.15, 0.2) is 5.13 Å². The topological polar surface area (TPSA) is 48.9 Å². The molecule has 1 aromatic heterocycles. The van der Waals surface area contributed by atoms with Crippen molar-refractivity contribution in [2.75, 3.05) is 63.3 Å². The second-order valence-electron chi connectivity index (χ2n) is 7.46. The first-order chi connectivity index (χ1) is 14.5. The van der Waals surface area contributed by atoms with Gasteiger partial charge in [-0.1, -0.05) is 11.3 Å². The highest BCUT2D eigenvalue weighted by Gasteiger charge is 2.23. The van der Waals surface area contributed by atoms with Crippen LogP contribution in [-0.4, -0.2) is 69.3 Å². The quantitative estimate of drug-likeness (QED) is 0.602. The van der Waals surface area contributed by atoms with E-state index in [1.165, 1.54) is 23.5 Å². The number of thiazole rings is 1. The van der Waals surface area contributed by atoms with Gasteiger partial charge in [-0.15, -0.1) is 0 Å². The Balaban J connectivity index is 1.61. The molecule has 1 fully saturated rings. The number of nitrogens with zero attached hydrogens (tertiary/aromatic N) is 4. The van der Waals surface area contributed by atoms with Gasteiger partial charge in [0.2, 0.25) is 0 Å². The normalized spacial score (nSPS) is 14.8. The molecule has 0 saturated carbocycles. The molecular formula is C22H25FN4O2S. The summed E-state index contributed by atoms with van der Waals surface area (Å²) in [7, 11) is 3.93. The van der Waals surface area contributed by atoms with E-state index in [1.807, 2.05) is 43.3 Å². The lowest BCUT2D eigenvalue weighted by Crippen LogP contribution is -2.43. The van der Waals surface area contributed by atoms with Crippen LogP contribution in [0.15, 0.2) is 42.5 Å². The summed E-state index contributed by atoms with van der Waals surface area (Å²) in [4.78, 5) is 24.0. The number of carbonyl (C=O) groups is 1. The van der Waals surface area contributed by atoms with Gasteiger partial charge in [-0.05, 0) is 42.5 Å². The first-order valence-electron chi connectivity index (χ1n) is 9.97. The third-order valence-electron chi connectivity index (χ3n) is 5.19. The van der Waals surface area contributed by atoms with Gasteiger partial charge < -0.3 is 9.64 Å². The first kappa shape index (κ1) is 20.7. The van der Waals surface area contributed by atoms with Crippen molar-refractivity contribution in [3.8, 4) is 0 Å². The van der Waals surface area contributed by atoms with Crippen LogP contribution in [-0.2, 0) is 4.74 Å². The molecule has 3 aromatic rings. The minimum Gasteiger partial charge on any atom is -0.379 e. The molecule has 1 aliphatic heterocycles. The summed E-state index contributed by atoms with van der Waals surface area (Å²) in [6.45, 7) is 4.36. The summed E-state index contributed by atoms with van der Waals surface area (Å²) >= 11 is 1.34. The Labute approximate surface area is 179 Å². The Morgan fingerprint density at radius 3 is 2.60 bits per heavy atom. The fourth-order valence-electron chi connectivity index (χ4n) is 3.41. The van der Waals surface area contributed by atoms with E-state index in [2.05, 4.69) is 9.88 Å². The number of fused-ring (bicyclic) bond motifs is 1. The number of anilines is 2. The molecular weight excluding hydrogens is 403 g/mol. The van der Waals surface area contributed by atoms with Crippen molar-refractivity contribution in [3.05, 3.63) is 53.8 Å². The van der Waals surface area contributed by atoms with Crippen molar-refractivity contribution >= 4 is 38.3 Å². The summed E-state index contributed by atoms with van der Waals surface area (Å²) in [5.41, 5.74) is 2.33. The molecule has 1 amide bonds. The second-order valence-corrected chi connectivity index (χ2v) is 8.47. The van der Waals surface area contributed by atoms with Crippen LogP contribution in [0.1, 0.15) is 10.4 Å². The van der Waals surface area contributed by atoms with E-state index in [9.17, 15) is 9.18 Å². The van der Waals surface area contributed by atoms with Crippen molar-refractivity contribution in [3.63, 3.8) is 0 Å². The smallest absolute Gasteiger partial charge is 0.260 e. The number of carbonyl (C=O) groups excluding carboxylic acids is 1. The van der Waals surface area contributed by atoms with Crippen LogP contribution in [0, 0.1) is 5.82 Å². The summed E-state index contributed by atoms with van der Waals surface area (Å²) in [6, 6.07) is 12.1. The number of hydrogen-bond acceptors (Lipinski definition) is 6. The van der Waals surface area contributed by atoms with E-state index in [1.54, 1.807) is 11.0 Å². The number of morpholine rings is 1. The lowest BCUT2D eigenvalue weighted by Gasteiger charge is -2.29. The van der Waals surface area contributed by atoms with Crippen LogP contribution in [0.4, 0.5) is 15.2 Å². The molecule has 8 heteroatoms. The predicted octanol–water partition coefficient (Wildman–Crippen LogP) is 3.48. The third kappa shape index (κ3) is 4.61. The number of rotatable bonds is 6. The van der Waals surface area contributed by atoms with E-state index in [-0.39, 0.29) is 11.7 Å². The van der Waals surface area contributed by atoms with Crippen molar-refractivity contribution in [2.24, 2.45) is 0 Å². The lowest BCUT2D eigenvalue weighted by atomic mass is 10.1. The standard InChI is InChI=1S/C22H25FN4O2S/c1-25(2)18-6-3-16(4-7-18)21(28)27(10-9-26-11-13-29-14-12-26)22-24-19-8-5-17(23)15-20(19)30-22/h3-8,15H,9-14H2,1-2H3. The number of benzene rings is 2. The molecule has 0 aliphatic carbocycles. The van der Waals surface area contributed by atoms with Crippen LogP contribution >= 0.6 is 11.3 Å². The van der Waals surface area contributed by atoms with Gasteiger partial charge in [0.05, 0.1) is 23.4 Å². The zero-order valence-electron chi connectivity index (χ0n) is 17.2. The molecule has 1 aliphatic rings. The van der Waals surface area contributed by atoms with Crippen molar-refractivity contribution in [1.82, 2.24) is 9.88 Å². The van der Waals surface area contributed by atoms with Crippen molar-refractivity contribution in [2.45, 2.75) is 0 Å². The van der Waals surface area contributed by atoms with Gasteiger partial charge in [-0.3, -0.25) is 14.6 Å². The third-order valence-corrected chi connectivity index (χ3v) is 6.23. The Morgan fingerprint density at radius 1 is 1.17 bits per heavy atom. The predicted molar refractivity (Wildman–Crippen MR) is 119 cm³/mol. The molecule has 1 saturated heterocycles. The monoisotopic (exact) mass is 428 g/mol. The number of amides is 1. The molecule has 30 heavy (non-hydrogen) atoms. The van der Waals surface area contributed by atoms with E-state index >= 15 is 0 Å². The number of halogens is 1. The summed E-state index contributed by atoms with van der Waals surface area (Å²) in [5.74, 6) is -0.406. The highest BCUT2D eigenvalue weighted by Crippen LogP contribution is 2.30. The van der Waals surface area contributed by atoms with Crippen molar-refractivity contribution < 1.29 is 13.9 Å². The first-order valence-corrected chi connectivity index (χ1v) is 10.8. The van der Waals surface area contributed by atoms with Gasteiger partial charge in [-0.25, -0.2) is 9.37 Å². The molecule has 2 heterocycles. The van der Waals surface area contributed by atoms with Crippen LogP contribution in [0.2, 0.25) is 0 Å². The minimum atomic E-state index is -0.303. The van der Waals surface area contributed by atoms with Crippen LogP contribution in [0.25, 0.3) is 10.2 Å². The average molecular weight is 429 g/mol. The van der Waals surface area contributed by atoms with Crippen LogP contribution < -0.4 is 9.80 Å². The van der Waals surface area contributed by atoms with Gasteiger partial charge >= 0.3 is 0 Å². The van der Waals surface area contributed by atoms with E-state index in [0.29, 0.717) is 36.0 Å². The van der Waals surface area contributed by atoms with Gasteiger partial charge in [0, 0.05) is 51.5 Å². The highest BCUT2D eigenvalue weighted by molar-refractivity contribution is 7.22. The zero-order valence-corrected chi connectivity index (χ0v) is 18.0. The largest absolute Gasteiger partial charge is 0.379 e. The van der Waals surface area contributed by atoms with Crippen LogP contribution in [0.5, 0.6) is 0 Å². The molecule has 4 rings (SSSR count). The fourth-order valence-corrected chi connectivity index (χ4v) is 4.42. The number of aromatic nitrogens is 1. The van der Waals surface area contributed by atoms with Gasteiger partial charge in [0.1, 0.15) is 5.82 Å². The molecule has 0 unspecified atom stereocenters. The second kappa shape index (κ2) is 9.07. The molecule has 158 valence electrons. The maximum absolute atomic E-state index is 13.6. The Morgan fingerprint density at radius 2 is 1.90 bits per heavy atom. The molecule has 6 nitrogen and oxygen atoms in total. The Hall–Kier alpha value is -2.55. The van der Waals surface area contributed by atoms with E-state index < -0.39 is 0 Å². The summed E-state index contributed by atoms with van der Waals surface area (Å²) in [5, 5.41) is 0.588. The molecule has 2 aromatic carbocycles. The van der Waals surface area contributed by atoms with Crippen molar-refractivity contribution in [1.29, 1.82) is 0 Å². The highest BCUT2D eigenvalue weighted by atomic mass is 32.1.